The molecule has 4 bridgehead atoms. The van der Waals surface area contributed by atoms with Gasteiger partial charge in [0.25, 0.3) is 5.56 Å². The summed E-state index contributed by atoms with van der Waals surface area (Å²) in [5.41, 5.74) is -0.598. The molecule has 3 atom stereocenters. The number of rotatable bonds is 11. The summed E-state index contributed by atoms with van der Waals surface area (Å²) in [6.07, 6.45) is 5.96. The van der Waals surface area contributed by atoms with Crippen LogP contribution in [0.3, 0.4) is 0 Å². The molecule has 5 aliphatic rings. The van der Waals surface area contributed by atoms with E-state index < -0.39 is 41.5 Å². The summed E-state index contributed by atoms with van der Waals surface area (Å²) in [5, 5.41) is 23.9. The van der Waals surface area contributed by atoms with Crippen LogP contribution in [0.5, 0.6) is 0 Å². The van der Waals surface area contributed by atoms with Gasteiger partial charge in [-0.05, 0) is 80.8 Å². The van der Waals surface area contributed by atoms with Crippen molar-refractivity contribution in [2.24, 2.45) is 23.7 Å². The second kappa shape index (κ2) is 13.3. The number of carbonyl (C=O) groups is 4. The van der Waals surface area contributed by atoms with Gasteiger partial charge < -0.3 is 41.0 Å². The zero-order valence-corrected chi connectivity index (χ0v) is 24.0. The van der Waals surface area contributed by atoms with E-state index >= 15 is 0 Å². The first-order chi connectivity index (χ1) is 20.2. The average Bonchev–Trinajstić information content (AvgIpc) is 2.98. The molecule has 13 nitrogen and oxygen atoms in total. The zero-order chi connectivity index (χ0) is 29.8. The second-order valence-corrected chi connectivity index (χ2v) is 12.2. The number of anilines is 1. The Morgan fingerprint density at radius 3 is 2.43 bits per heavy atom. The lowest BCUT2D eigenvalue weighted by molar-refractivity contribution is -0.131. The Balaban J connectivity index is 1.22. The molecule has 5 fully saturated rings. The van der Waals surface area contributed by atoms with Crippen molar-refractivity contribution in [2.75, 3.05) is 32.1 Å². The van der Waals surface area contributed by atoms with Crippen molar-refractivity contribution in [1.82, 2.24) is 25.8 Å². The van der Waals surface area contributed by atoms with E-state index in [1.54, 1.807) is 6.07 Å². The summed E-state index contributed by atoms with van der Waals surface area (Å²) in [4.78, 5) is 64.1. The van der Waals surface area contributed by atoms with Crippen LogP contribution in [0.15, 0.2) is 23.1 Å². The number of hydrogen-bond acceptors (Lipinski definition) is 8. The number of nitrogens with zero attached hydrogens (tertiary/aromatic N) is 1. The maximum Gasteiger partial charge on any atom is 0.274 e. The minimum Gasteiger partial charge on any atom is -0.383 e. The molecule has 4 saturated carbocycles. The molecule has 4 aliphatic carbocycles. The van der Waals surface area contributed by atoms with Crippen molar-refractivity contribution in [3.8, 4) is 0 Å². The maximum atomic E-state index is 13.3. The van der Waals surface area contributed by atoms with Crippen LogP contribution in [0.1, 0.15) is 44.9 Å². The highest BCUT2D eigenvalue weighted by molar-refractivity contribution is 5.97. The van der Waals surface area contributed by atoms with Crippen LogP contribution in [0, 0.1) is 23.7 Å². The number of hydrogen-bond donors (Lipinski definition) is 6. The predicted molar refractivity (Wildman–Crippen MR) is 152 cm³/mol. The first kappa shape index (κ1) is 30.2. The molecule has 2 heterocycles. The van der Waals surface area contributed by atoms with Gasteiger partial charge in [0.2, 0.25) is 23.6 Å². The highest BCUT2D eigenvalue weighted by atomic mass is 16.5. The Morgan fingerprint density at radius 2 is 1.79 bits per heavy atom. The Kier molecular flexibility index (Phi) is 9.59. The fraction of sp³-hybridized carbons (Fsp3) is 0.690. The third-order valence-corrected chi connectivity index (χ3v) is 9.30. The Morgan fingerprint density at radius 1 is 1.07 bits per heavy atom. The zero-order valence-electron chi connectivity index (χ0n) is 24.0. The lowest BCUT2D eigenvalue weighted by Gasteiger charge is -2.54. The lowest BCUT2D eigenvalue weighted by atomic mass is 9.54. The number of aromatic nitrogens is 1. The standard InChI is InChI=1S/C29H42N6O7/c1-30-28(40)23(36)5-4-20(32-27(39)22-15-42-8-6-31-22)26(38)33-21-3-2-7-35(29(21)41)14-24(37)34-25-18-10-16-9-17(12-18)13-19(25)11-16/h2-3,7,16-20,22-23,25,31,36H,4-6,8-15H2,1H3,(H,30,40)(H,32,39)(H,33,38)(H,34,37)/t16?,17?,18?,19?,20-,22+,23?,25?/m0/s1. The highest BCUT2D eigenvalue weighted by Crippen LogP contribution is 2.53. The quantitative estimate of drug-likeness (QED) is 0.193. The van der Waals surface area contributed by atoms with Gasteiger partial charge in [-0.25, -0.2) is 0 Å². The Bertz CT molecular complexity index is 1200. The van der Waals surface area contributed by atoms with Crippen molar-refractivity contribution < 1.29 is 29.0 Å². The fourth-order valence-electron chi connectivity index (χ4n) is 7.42. The van der Waals surface area contributed by atoms with Crippen LogP contribution in [0.2, 0.25) is 0 Å². The van der Waals surface area contributed by atoms with Gasteiger partial charge in [-0.1, -0.05) is 0 Å². The largest absolute Gasteiger partial charge is 0.383 e. The third kappa shape index (κ3) is 7.01. The number of carbonyl (C=O) groups excluding carboxylic acids is 4. The van der Waals surface area contributed by atoms with Gasteiger partial charge in [-0.15, -0.1) is 0 Å². The number of morpholine rings is 1. The van der Waals surface area contributed by atoms with Crippen molar-refractivity contribution in [1.29, 1.82) is 0 Å². The van der Waals surface area contributed by atoms with Gasteiger partial charge in [0.05, 0.1) is 13.2 Å². The van der Waals surface area contributed by atoms with Crippen LogP contribution in [-0.2, 0) is 30.5 Å². The monoisotopic (exact) mass is 586 g/mol. The molecule has 6 N–H and O–H groups in total. The van der Waals surface area contributed by atoms with Gasteiger partial charge in [0, 0.05) is 25.8 Å². The van der Waals surface area contributed by atoms with E-state index in [9.17, 15) is 29.1 Å². The number of aliphatic hydroxyl groups is 1. The molecule has 4 amide bonds. The topological polar surface area (TPSA) is 180 Å². The second-order valence-electron chi connectivity index (χ2n) is 12.2. The number of pyridine rings is 1. The van der Waals surface area contributed by atoms with Crippen LogP contribution < -0.4 is 32.1 Å². The van der Waals surface area contributed by atoms with Gasteiger partial charge in [-0.2, -0.15) is 0 Å². The number of amides is 4. The van der Waals surface area contributed by atoms with E-state index in [1.807, 2.05) is 0 Å². The first-order valence-electron chi connectivity index (χ1n) is 15.0. The summed E-state index contributed by atoms with van der Waals surface area (Å²) < 4.78 is 6.59. The van der Waals surface area contributed by atoms with E-state index in [1.165, 1.54) is 56.0 Å². The maximum absolute atomic E-state index is 13.3. The molecule has 1 aromatic rings. The van der Waals surface area contributed by atoms with Crippen LogP contribution in [0.4, 0.5) is 5.69 Å². The molecule has 0 radical (unpaired) electrons. The lowest BCUT2D eigenvalue weighted by Crippen LogP contribution is -2.56. The van der Waals surface area contributed by atoms with Crippen LogP contribution in [0.25, 0.3) is 0 Å². The SMILES string of the molecule is CNC(=O)C(O)CC[C@H](NC(=O)[C@H]1COCCN1)C(=O)Nc1cccn(CC(=O)NC2C3CC4CC(C3)CC2C4)c1=O. The van der Waals surface area contributed by atoms with Gasteiger partial charge in [-0.3, -0.25) is 24.0 Å². The summed E-state index contributed by atoms with van der Waals surface area (Å²) in [6, 6.07) is 1.34. The summed E-state index contributed by atoms with van der Waals surface area (Å²) in [5.74, 6) is 0.601. The molecule has 13 heteroatoms. The molecule has 1 aromatic heterocycles. The molecule has 1 unspecified atom stereocenters. The third-order valence-electron chi connectivity index (χ3n) is 9.30. The molecule has 1 saturated heterocycles. The first-order valence-corrected chi connectivity index (χ1v) is 15.0. The van der Waals surface area contributed by atoms with E-state index in [0.717, 1.165) is 11.8 Å². The molecular formula is C29H42N6O7. The predicted octanol–water partition coefficient (Wildman–Crippen LogP) is -0.912. The van der Waals surface area contributed by atoms with Crippen LogP contribution >= 0.6 is 0 Å². The number of nitrogens with one attached hydrogen (secondary N) is 5. The van der Waals surface area contributed by atoms with Crippen molar-refractivity contribution in [3.05, 3.63) is 28.7 Å². The molecule has 6 rings (SSSR count). The van der Waals surface area contributed by atoms with E-state index in [0.29, 0.717) is 25.0 Å². The summed E-state index contributed by atoms with van der Waals surface area (Å²) in [7, 11) is 1.38. The van der Waals surface area contributed by atoms with Gasteiger partial charge in [0.15, 0.2) is 0 Å². The van der Waals surface area contributed by atoms with Gasteiger partial charge in [0.1, 0.15) is 30.4 Å². The molecule has 0 spiro atoms. The average molecular weight is 587 g/mol. The molecule has 1 aliphatic heterocycles. The van der Waals surface area contributed by atoms with Crippen molar-refractivity contribution in [3.63, 3.8) is 0 Å². The fourth-order valence-corrected chi connectivity index (χ4v) is 7.42. The van der Waals surface area contributed by atoms with Crippen molar-refractivity contribution >= 4 is 29.3 Å². The number of ether oxygens (including phenoxy) is 1. The Labute approximate surface area is 244 Å². The summed E-state index contributed by atoms with van der Waals surface area (Å²) in [6.45, 7) is 0.908. The normalized spacial score (nSPS) is 29.3. The van der Waals surface area contributed by atoms with E-state index in [4.69, 9.17) is 4.74 Å². The summed E-state index contributed by atoms with van der Waals surface area (Å²) >= 11 is 0. The van der Waals surface area contributed by atoms with Gasteiger partial charge >= 0.3 is 0 Å². The minimum absolute atomic E-state index is 0.0462. The molecule has 0 aromatic carbocycles. The van der Waals surface area contributed by atoms with Crippen molar-refractivity contribution in [2.45, 2.75) is 75.7 Å². The van der Waals surface area contributed by atoms with E-state index in [2.05, 4.69) is 26.6 Å². The Hall–Kier alpha value is -3.29. The van der Waals surface area contributed by atoms with E-state index in [-0.39, 0.29) is 43.6 Å². The smallest absolute Gasteiger partial charge is 0.274 e. The number of aliphatic hydroxyl groups excluding tert-OH is 1. The van der Waals surface area contributed by atoms with Crippen LogP contribution in [-0.4, -0.2) is 84.3 Å². The molecule has 230 valence electrons. The minimum atomic E-state index is -1.37. The number of likely N-dealkylation sites (N-methyl/N-ethyl adjacent to an activating group) is 1. The highest BCUT2D eigenvalue weighted by Gasteiger charge is 2.48. The molecular weight excluding hydrogens is 544 g/mol. The molecule has 42 heavy (non-hydrogen) atoms.